The number of unbranched alkanes of at least 4 members (excludes halogenated alkanes) is 1. The Balaban J connectivity index is 2.73. The molecule has 0 atom stereocenters. The lowest BCUT2D eigenvalue weighted by Crippen LogP contribution is -2.33. The molecule has 0 saturated carbocycles. The van der Waals surface area contributed by atoms with Crippen molar-refractivity contribution in [1.29, 1.82) is 0 Å². The maximum Gasteiger partial charge on any atom is 0.273 e. The van der Waals surface area contributed by atoms with E-state index in [2.05, 4.69) is 20.0 Å². The third-order valence-electron chi connectivity index (χ3n) is 2.55. The monoisotopic (exact) mass is 253 g/mol. The Hall–Kier alpha value is -1.36. The average Bonchev–Trinajstić information content (AvgIpc) is 2.26. The Morgan fingerprint density at radius 1 is 1.41 bits per heavy atom. The van der Waals surface area contributed by atoms with E-state index >= 15 is 0 Å². The molecule has 17 heavy (non-hydrogen) atoms. The highest BCUT2D eigenvalue weighted by atomic mass is 28.4. The minimum Gasteiger partial charge on any atom is -0.544 e. The van der Waals surface area contributed by atoms with Crippen molar-refractivity contribution < 1.29 is 9.35 Å². The molecule has 0 saturated heterocycles. The van der Waals surface area contributed by atoms with Crippen LogP contribution in [-0.4, -0.2) is 13.2 Å². The maximum atomic E-state index is 10.7. The molecular weight excluding hydrogens is 234 g/mol. The van der Waals surface area contributed by atoms with Crippen molar-refractivity contribution in [3.8, 4) is 5.75 Å². The average molecular weight is 253 g/mol. The van der Waals surface area contributed by atoms with Crippen LogP contribution in [0.2, 0.25) is 19.1 Å². The van der Waals surface area contributed by atoms with Crippen LogP contribution in [-0.2, 0) is 0 Å². The van der Waals surface area contributed by atoms with Crippen molar-refractivity contribution >= 4 is 14.0 Å². The lowest BCUT2D eigenvalue weighted by molar-refractivity contribution is -0.384. The Kier molecular flexibility index (Phi) is 4.69. The number of nitrogens with zero attached hydrogens (tertiary/aromatic N) is 1. The van der Waals surface area contributed by atoms with Gasteiger partial charge in [-0.2, -0.15) is 0 Å². The van der Waals surface area contributed by atoms with Gasteiger partial charge in [-0.3, -0.25) is 10.1 Å². The van der Waals surface area contributed by atoms with Crippen LogP contribution in [0.1, 0.15) is 19.8 Å². The number of non-ortho nitro benzene ring substituents is 1. The van der Waals surface area contributed by atoms with Crippen LogP contribution in [0.4, 0.5) is 5.69 Å². The van der Waals surface area contributed by atoms with E-state index in [1.807, 2.05) is 0 Å². The van der Waals surface area contributed by atoms with Gasteiger partial charge in [0.1, 0.15) is 5.75 Å². The number of hydrogen-bond acceptors (Lipinski definition) is 3. The molecule has 0 N–H and O–H groups in total. The van der Waals surface area contributed by atoms with E-state index in [0.717, 1.165) is 18.9 Å². The lowest BCUT2D eigenvalue weighted by atomic mass is 10.3. The SMILES string of the molecule is CCCC[Si](C)(C)Oc1cccc([N+](=O)[O-])c1. The smallest absolute Gasteiger partial charge is 0.273 e. The van der Waals surface area contributed by atoms with Gasteiger partial charge in [-0.05, 0) is 25.2 Å². The van der Waals surface area contributed by atoms with Gasteiger partial charge in [-0.1, -0.05) is 25.8 Å². The fraction of sp³-hybridized carbons (Fsp3) is 0.500. The number of rotatable bonds is 6. The van der Waals surface area contributed by atoms with Gasteiger partial charge in [0, 0.05) is 6.07 Å². The number of nitro benzene ring substituents is 1. The highest BCUT2D eigenvalue weighted by molar-refractivity contribution is 6.71. The first kappa shape index (κ1) is 13.7. The van der Waals surface area contributed by atoms with Crippen molar-refractivity contribution in [2.45, 2.75) is 38.9 Å². The molecule has 1 aromatic rings. The van der Waals surface area contributed by atoms with Crippen molar-refractivity contribution in [2.24, 2.45) is 0 Å². The van der Waals surface area contributed by atoms with Gasteiger partial charge in [-0.25, -0.2) is 0 Å². The van der Waals surface area contributed by atoms with E-state index in [9.17, 15) is 10.1 Å². The third-order valence-corrected chi connectivity index (χ3v) is 4.90. The van der Waals surface area contributed by atoms with E-state index in [1.54, 1.807) is 12.1 Å². The van der Waals surface area contributed by atoms with Gasteiger partial charge in [0.15, 0.2) is 0 Å². The number of nitro groups is 1. The second kappa shape index (κ2) is 5.81. The van der Waals surface area contributed by atoms with Crippen LogP contribution in [0.15, 0.2) is 24.3 Å². The summed E-state index contributed by atoms with van der Waals surface area (Å²) in [5.41, 5.74) is 0.0859. The summed E-state index contributed by atoms with van der Waals surface area (Å²) in [6.45, 7) is 6.43. The highest BCUT2D eigenvalue weighted by Gasteiger charge is 2.24. The van der Waals surface area contributed by atoms with E-state index in [-0.39, 0.29) is 5.69 Å². The summed E-state index contributed by atoms with van der Waals surface area (Å²) in [5.74, 6) is 0.618. The van der Waals surface area contributed by atoms with Crippen LogP contribution in [0.3, 0.4) is 0 Å². The Morgan fingerprint density at radius 3 is 2.71 bits per heavy atom. The third kappa shape index (κ3) is 4.56. The molecule has 0 aliphatic heterocycles. The first-order chi connectivity index (χ1) is 7.94. The van der Waals surface area contributed by atoms with E-state index in [1.165, 1.54) is 12.1 Å². The first-order valence-electron chi connectivity index (χ1n) is 5.88. The molecule has 0 amide bonds. The second-order valence-electron chi connectivity index (χ2n) is 4.72. The molecule has 0 heterocycles. The Labute approximate surface area is 103 Å². The summed E-state index contributed by atoms with van der Waals surface area (Å²) in [6.07, 6.45) is 2.29. The minimum absolute atomic E-state index is 0.0859. The summed E-state index contributed by atoms with van der Waals surface area (Å²) >= 11 is 0. The predicted octanol–water partition coefficient (Wildman–Crippen LogP) is 3.98. The second-order valence-corrected chi connectivity index (χ2v) is 8.94. The Morgan fingerprint density at radius 2 is 2.12 bits per heavy atom. The minimum atomic E-state index is -1.75. The molecule has 4 nitrogen and oxygen atoms in total. The molecule has 1 rings (SSSR count). The molecule has 94 valence electrons. The number of benzene rings is 1. The van der Waals surface area contributed by atoms with Gasteiger partial charge in [-0.15, -0.1) is 0 Å². The molecule has 0 radical (unpaired) electrons. The molecule has 1 aromatic carbocycles. The molecule has 0 bridgehead atoms. The molecule has 0 aromatic heterocycles. The van der Waals surface area contributed by atoms with E-state index < -0.39 is 13.2 Å². The van der Waals surface area contributed by atoms with Crippen molar-refractivity contribution in [3.63, 3.8) is 0 Å². The van der Waals surface area contributed by atoms with Gasteiger partial charge >= 0.3 is 0 Å². The highest BCUT2D eigenvalue weighted by Crippen LogP contribution is 2.24. The molecule has 0 spiro atoms. The fourth-order valence-electron chi connectivity index (χ4n) is 1.63. The fourth-order valence-corrected chi connectivity index (χ4v) is 3.71. The summed E-state index contributed by atoms with van der Waals surface area (Å²) in [7, 11) is -1.75. The normalized spacial score (nSPS) is 11.2. The van der Waals surface area contributed by atoms with Crippen molar-refractivity contribution in [1.82, 2.24) is 0 Å². The van der Waals surface area contributed by atoms with Crippen LogP contribution in [0.25, 0.3) is 0 Å². The summed E-state index contributed by atoms with van der Waals surface area (Å²) in [6, 6.07) is 7.51. The van der Waals surface area contributed by atoms with Gasteiger partial charge in [0.25, 0.3) is 5.69 Å². The molecule has 0 fully saturated rings. The summed E-state index contributed by atoms with van der Waals surface area (Å²) < 4.78 is 5.93. The zero-order valence-corrected chi connectivity index (χ0v) is 11.6. The standard InChI is InChI=1S/C12H19NO3Si/c1-4-5-9-17(2,3)16-12-8-6-7-11(10-12)13(14)15/h6-8,10H,4-5,9H2,1-3H3. The molecular formula is C12H19NO3Si. The maximum absolute atomic E-state index is 10.7. The van der Waals surface area contributed by atoms with E-state index in [4.69, 9.17) is 4.43 Å². The molecule has 0 aliphatic carbocycles. The van der Waals surface area contributed by atoms with Crippen LogP contribution < -0.4 is 4.43 Å². The summed E-state index contributed by atoms with van der Waals surface area (Å²) in [5, 5.41) is 10.7. The van der Waals surface area contributed by atoms with Gasteiger partial charge in [0.2, 0.25) is 8.32 Å². The van der Waals surface area contributed by atoms with Gasteiger partial charge in [0.05, 0.1) is 11.0 Å². The quantitative estimate of drug-likeness (QED) is 0.438. The Bertz CT molecular complexity index is 393. The zero-order valence-electron chi connectivity index (χ0n) is 10.6. The topological polar surface area (TPSA) is 52.4 Å². The van der Waals surface area contributed by atoms with Crippen molar-refractivity contribution in [3.05, 3.63) is 34.4 Å². The van der Waals surface area contributed by atoms with Gasteiger partial charge < -0.3 is 4.43 Å². The summed E-state index contributed by atoms with van der Waals surface area (Å²) in [4.78, 5) is 10.3. The molecule has 0 aliphatic rings. The lowest BCUT2D eigenvalue weighted by Gasteiger charge is -2.23. The van der Waals surface area contributed by atoms with Crippen LogP contribution >= 0.6 is 0 Å². The van der Waals surface area contributed by atoms with E-state index in [0.29, 0.717) is 5.75 Å². The number of hydrogen-bond donors (Lipinski definition) is 0. The van der Waals surface area contributed by atoms with Crippen molar-refractivity contribution in [2.75, 3.05) is 0 Å². The largest absolute Gasteiger partial charge is 0.544 e. The first-order valence-corrected chi connectivity index (χ1v) is 8.99. The van der Waals surface area contributed by atoms with Crippen LogP contribution in [0.5, 0.6) is 5.75 Å². The molecule has 5 heteroatoms. The zero-order chi connectivity index (χ0) is 12.9. The predicted molar refractivity (Wildman–Crippen MR) is 70.9 cm³/mol. The molecule has 0 unspecified atom stereocenters. The van der Waals surface area contributed by atoms with Crippen LogP contribution in [0, 0.1) is 10.1 Å².